The molecule has 21 heavy (non-hydrogen) atoms. The summed E-state index contributed by atoms with van der Waals surface area (Å²) in [5.74, 6) is 1.68. The lowest BCUT2D eigenvalue weighted by Gasteiger charge is -2.30. The zero-order valence-electron chi connectivity index (χ0n) is 12.7. The summed E-state index contributed by atoms with van der Waals surface area (Å²) in [6.07, 6.45) is 3.92. The minimum Gasteiger partial charge on any atom is -0.489 e. The van der Waals surface area contributed by atoms with Gasteiger partial charge in [-0.3, -0.25) is 4.79 Å². The van der Waals surface area contributed by atoms with E-state index < -0.39 is 0 Å². The number of carbonyl (C=O) groups is 1. The van der Waals surface area contributed by atoms with Gasteiger partial charge in [-0.2, -0.15) is 0 Å². The summed E-state index contributed by atoms with van der Waals surface area (Å²) in [6.45, 7) is 8.44. The number of rotatable bonds is 6. The van der Waals surface area contributed by atoms with Gasteiger partial charge >= 0.3 is 0 Å². The van der Waals surface area contributed by atoms with Crippen LogP contribution in [0.1, 0.15) is 19.8 Å². The lowest BCUT2D eigenvalue weighted by molar-refractivity contribution is -0.130. The van der Waals surface area contributed by atoms with Crippen molar-refractivity contribution in [3.63, 3.8) is 0 Å². The molecular weight excluding hydrogens is 264 g/mol. The number of amides is 1. The Labute approximate surface area is 126 Å². The number of hydrogen-bond acceptors (Lipinski definition) is 3. The standard InChI is InChI=1S/C17H24N2O2/c1-3-11-21-16-6-4-5-15(12-16)18-13-17(20)19-9-7-14(2)8-10-19/h3-6,12,14,18H,1,7-11,13H2,2H3. The minimum atomic E-state index is 0.166. The van der Waals surface area contributed by atoms with Crippen molar-refractivity contribution >= 4 is 11.6 Å². The first-order valence-electron chi connectivity index (χ1n) is 7.54. The Bertz CT molecular complexity index is 479. The SMILES string of the molecule is C=CCOc1cccc(NCC(=O)N2CCC(C)CC2)c1. The summed E-state index contributed by atoms with van der Waals surface area (Å²) in [5.41, 5.74) is 0.898. The monoisotopic (exact) mass is 288 g/mol. The molecule has 1 N–H and O–H groups in total. The van der Waals surface area contributed by atoms with Crippen molar-refractivity contribution in [3.05, 3.63) is 36.9 Å². The van der Waals surface area contributed by atoms with Crippen LogP contribution < -0.4 is 10.1 Å². The zero-order valence-corrected chi connectivity index (χ0v) is 12.7. The van der Waals surface area contributed by atoms with E-state index in [1.807, 2.05) is 29.2 Å². The van der Waals surface area contributed by atoms with Crippen molar-refractivity contribution in [2.24, 2.45) is 5.92 Å². The molecule has 114 valence electrons. The molecule has 1 heterocycles. The minimum absolute atomic E-state index is 0.166. The normalized spacial score (nSPS) is 15.6. The predicted octanol–water partition coefficient (Wildman–Crippen LogP) is 2.92. The van der Waals surface area contributed by atoms with Crippen LogP contribution in [0.4, 0.5) is 5.69 Å². The first-order valence-corrected chi connectivity index (χ1v) is 7.54. The number of nitrogens with one attached hydrogen (secondary N) is 1. The fraction of sp³-hybridized carbons (Fsp3) is 0.471. The fourth-order valence-corrected chi connectivity index (χ4v) is 2.40. The smallest absolute Gasteiger partial charge is 0.241 e. The van der Waals surface area contributed by atoms with E-state index in [-0.39, 0.29) is 5.91 Å². The van der Waals surface area contributed by atoms with Crippen LogP contribution in [0.3, 0.4) is 0 Å². The molecule has 1 fully saturated rings. The predicted molar refractivity (Wildman–Crippen MR) is 85.6 cm³/mol. The Morgan fingerprint density at radius 2 is 2.24 bits per heavy atom. The molecule has 0 aliphatic carbocycles. The maximum atomic E-state index is 12.2. The molecule has 0 bridgehead atoms. The highest BCUT2D eigenvalue weighted by molar-refractivity contribution is 5.81. The molecule has 4 nitrogen and oxygen atoms in total. The second kappa shape index (κ2) is 7.72. The number of benzene rings is 1. The number of ether oxygens (including phenoxy) is 1. The van der Waals surface area contributed by atoms with E-state index in [0.717, 1.165) is 43.3 Å². The van der Waals surface area contributed by atoms with Gasteiger partial charge in [-0.25, -0.2) is 0 Å². The summed E-state index contributed by atoms with van der Waals surface area (Å²) < 4.78 is 5.48. The van der Waals surface area contributed by atoms with Gasteiger partial charge in [-0.05, 0) is 30.9 Å². The van der Waals surface area contributed by atoms with Crippen molar-refractivity contribution in [1.29, 1.82) is 0 Å². The van der Waals surface area contributed by atoms with Gasteiger partial charge in [0.25, 0.3) is 0 Å². The summed E-state index contributed by atoms with van der Waals surface area (Å²) in [4.78, 5) is 14.1. The molecule has 0 spiro atoms. The average Bonchev–Trinajstić information content (AvgIpc) is 2.52. The van der Waals surface area contributed by atoms with E-state index in [2.05, 4.69) is 18.8 Å². The molecule has 4 heteroatoms. The topological polar surface area (TPSA) is 41.6 Å². The third kappa shape index (κ3) is 4.81. The van der Waals surface area contributed by atoms with E-state index in [4.69, 9.17) is 4.74 Å². The first kappa shape index (κ1) is 15.4. The van der Waals surface area contributed by atoms with Gasteiger partial charge in [0, 0.05) is 24.8 Å². The maximum absolute atomic E-state index is 12.2. The molecular formula is C17H24N2O2. The molecule has 1 saturated heterocycles. The third-order valence-electron chi connectivity index (χ3n) is 3.78. The highest BCUT2D eigenvalue weighted by atomic mass is 16.5. The Morgan fingerprint density at radius 1 is 1.48 bits per heavy atom. The van der Waals surface area contributed by atoms with E-state index in [1.54, 1.807) is 6.08 Å². The molecule has 1 aromatic carbocycles. The van der Waals surface area contributed by atoms with Crippen molar-refractivity contribution in [3.8, 4) is 5.75 Å². The van der Waals surface area contributed by atoms with Crippen LogP contribution in [-0.2, 0) is 4.79 Å². The van der Waals surface area contributed by atoms with Gasteiger partial charge in [0.1, 0.15) is 12.4 Å². The molecule has 0 radical (unpaired) electrons. The Hall–Kier alpha value is -1.97. The maximum Gasteiger partial charge on any atom is 0.241 e. The van der Waals surface area contributed by atoms with E-state index >= 15 is 0 Å². The van der Waals surface area contributed by atoms with Crippen LogP contribution in [0, 0.1) is 5.92 Å². The number of nitrogens with zero attached hydrogens (tertiary/aromatic N) is 1. The summed E-state index contributed by atoms with van der Waals surface area (Å²) in [7, 11) is 0. The molecule has 1 aliphatic heterocycles. The fourth-order valence-electron chi connectivity index (χ4n) is 2.40. The first-order chi connectivity index (χ1) is 10.2. The highest BCUT2D eigenvalue weighted by Gasteiger charge is 2.19. The quantitative estimate of drug-likeness (QED) is 0.818. The largest absolute Gasteiger partial charge is 0.489 e. The summed E-state index contributed by atoms with van der Waals surface area (Å²) >= 11 is 0. The lowest BCUT2D eigenvalue weighted by Crippen LogP contribution is -2.40. The zero-order chi connectivity index (χ0) is 15.1. The third-order valence-corrected chi connectivity index (χ3v) is 3.78. The van der Waals surface area contributed by atoms with Crippen molar-refractivity contribution in [1.82, 2.24) is 4.90 Å². The molecule has 0 aromatic heterocycles. The van der Waals surface area contributed by atoms with Gasteiger partial charge in [-0.15, -0.1) is 0 Å². The highest BCUT2D eigenvalue weighted by Crippen LogP contribution is 2.18. The Balaban J connectivity index is 1.82. The van der Waals surface area contributed by atoms with Crippen molar-refractivity contribution in [2.45, 2.75) is 19.8 Å². The van der Waals surface area contributed by atoms with Gasteiger partial charge in [0.05, 0.1) is 6.54 Å². The number of likely N-dealkylation sites (tertiary alicyclic amines) is 1. The van der Waals surface area contributed by atoms with Crippen LogP contribution in [0.25, 0.3) is 0 Å². The number of hydrogen-bond donors (Lipinski definition) is 1. The van der Waals surface area contributed by atoms with Crippen LogP contribution in [0.5, 0.6) is 5.75 Å². The molecule has 0 unspecified atom stereocenters. The van der Waals surface area contributed by atoms with Gasteiger partial charge < -0.3 is 15.0 Å². The summed E-state index contributed by atoms with van der Waals surface area (Å²) in [5, 5.41) is 3.17. The molecule has 0 atom stereocenters. The van der Waals surface area contributed by atoms with Crippen LogP contribution in [-0.4, -0.2) is 37.0 Å². The second-order valence-corrected chi connectivity index (χ2v) is 5.54. The molecule has 1 aliphatic rings. The Morgan fingerprint density at radius 3 is 2.95 bits per heavy atom. The van der Waals surface area contributed by atoms with Crippen LogP contribution in [0.2, 0.25) is 0 Å². The number of anilines is 1. The van der Waals surface area contributed by atoms with Crippen molar-refractivity contribution in [2.75, 3.05) is 31.6 Å². The second-order valence-electron chi connectivity index (χ2n) is 5.54. The summed E-state index contributed by atoms with van der Waals surface area (Å²) in [6, 6.07) is 7.64. The lowest BCUT2D eigenvalue weighted by atomic mass is 9.99. The van der Waals surface area contributed by atoms with E-state index in [0.29, 0.717) is 13.2 Å². The number of piperidine rings is 1. The average molecular weight is 288 g/mol. The Kier molecular flexibility index (Phi) is 5.67. The van der Waals surface area contributed by atoms with Gasteiger partial charge in [0.15, 0.2) is 0 Å². The number of carbonyl (C=O) groups excluding carboxylic acids is 1. The molecule has 1 amide bonds. The van der Waals surface area contributed by atoms with Crippen LogP contribution >= 0.6 is 0 Å². The van der Waals surface area contributed by atoms with E-state index in [1.165, 1.54) is 0 Å². The molecule has 0 saturated carbocycles. The van der Waals surface area contributed by atoms with Crippen molar-refractivity contribution < 1.29 is 9.53 Å². The van der Waals surface area contributed by atoms with Gasteiger partial charge in [0.2, 0.25) is 5.91 Å². The molecule has 1 aromatic rings. The van der Waals surface area contributed by atoms with Crippen LogP contribution in [0.15, 0.2) is 36.9 Å². The van der Waals surface area contributed by atoms with E-state index in [9.17, 15) is 4.79 Å². The molecule has 2 rings (SSSR count). The van der Waals surface area contributed by atoms with Gasteiger partial charge in [-0.1, -0.05) is 25.6 Å².